The van der Waals surface area contributed by atoms with E-state index in [1.165, 1.54) is 6.92 Å². The molecular formula is C6H10N2O3. The predicted molar refractivity (Wildman–Crippen MR) is 36.4 cm³/mol. The third-order valence-electron chi connectivity index (χ3n) is 1.45. The van der Waals surface area contributed by atoms with Crippen LogP contribution in [-0.4, -0.2) is 29.2 Å². The van der Waals surface area contributed by atoms with Crippen LogP contribution < -0.4 is 10.6 Å². The average Bonchev–Trinajstić information content (AvgIpc) is 2.09. The summed E-state index contributed by atoms with van der Waals surface area (Å²) in [7, 11) is 0. The number of hydrogen-bond acceptors (Lipinski definition) is 4. The van der Waals surface area contributed by atoms with E-state index in [0.29, 0.717) is 0 Å². The lowest BCUT2D eigenvalue weighted by Gasteiger charge is -2.03. The number of nitrogens with one attached hydrogen (secondary N) is 2. The van der Waals surface area contributed by atoms with E-state index in [0.717, 1.165) is 0 Å². The van der Waals surface area contributed by atoms with Crippen LogP contribution in [0, 0.1) is 0 Å². The van der Waals surface area contributed by atoms with Crippen LogP contribution in [0.25, 0.3) is 0 Å². The molecule has 11 heavy (non-hydrogen) atoms. The van der Waals surface area contributed by atoms with Crippen LogP contribution in [-0.2, 0) is 9.59 Å². The molecule has 0 aliphatic carbocycles. The number of amides is 1. The topological polar surface area (TPSA) is 78.4 Å². The summed E-state index contributed by atoms with van der Waals surface area (Å²) < 4.78 is 0. The second-order valence-corrected chi connectivity index (χ2v) is 2.54. The number of aliphatic hydroxyl groups excluding tert-OH is 1. The highest BCUT2D eigenvalue weighted by Gasteiger charge is 2.30. The molecule has 1 saturated heterocycles. The van der Waals surface area contributed by atoms with Crippen molar-refractivity contribution >= 4 is 11.7 Å². The van der Waals surface area contributed by atoms with Crippen molar-refractivity contribution in [3.05, 3.63) is 0 Å². The molecule has 1 fully saturated rings. The quantitative estimate of drug-likeness (QED) is 0.449. The molecule has 0 aromatic carbocycles. The van der Waals surface area contributed by atoms with E-state index in [2.05, 4.69) is 10.6 Å². The van der Waals surface area contributed by atoms with Crippen LogP contribution in [0.15, 0.2) is 0 Å². The maximum atomic E-state index is 10.8. The van der Waals surface area contributed by atoms with Gasteiger partial charge in [0.15, 0.2) is 6.35 Å². The molecule has 5 nitrogen and oxygen atoms in total. The fourth-order valence-electron chi connectivity index (χ4n) is 0.982. The molecule has 2 atom stereocenters. The van der Waals surface area contributed by atoms with Crippen molar-refractivity contribution in [2.45, 2.75) is 25.7 Å². The minimum Gasteiger partial charge on any atom is -0.361 e. The van der Waals surface area contributed by atoms with Gasteiger partial charge in [0, 0.05) is 6.42 Å². The highest BCUT2D eigenvalue weighted by atomic mass is 16.3. The summed E-state index contributed by atoms with van der Waals surface area (Å²) in [6, 6.07) is -0.567. The zero-order chi connectivity index (χ0) is 8.43. The predicted octanol–water partition coefficient (Wildman–Crippen LogP) is -1.67. The normalized spacial score (nSPS) is 30.2. The molecule has 0 spiro atoms. The molecule has 1 heterocycles. The fourth-order valence-corrected chi connectivity index (χ4v) is 0.982. The number of hydrogen-bond donors (Lipinski definition) is 3. The van der Waals surface area contributed by atoms with Crippen LogP contribution >= 0.6 is 0 Å². The Labute approximate surface area is 63.8 Å². The maximum absolute atomic E-state index is 10.8. The minimum absolute atomic E-state index is 0.0771. The summed E-state index contributed by atoms with van der Waals surface area (Å²) in [6.07, 6.45) is -0.880. The molecule has 0 aromatic rings. The molecule has 0 bridgehead atoms. The van der Waals surface area contributed by atoms with Crippen molar-refractivity contribution in [3.63, 3.8) is 0 Å². The van der Waals surface area contributed by atoms with E-state index in [4.69, 9.17) is 5.11 Å². The largest absolute Gasteiger partial charge is 0.361 e. The highest BCUT2D eigenvalue weighted by Crippen LogP contribution is 2.00. The third-order valence-corrected chi connectivity index (χ3v) is 1.45. The van der Waals surface area contributed by atoms with Gasteiger partial charge in [0.2, 0.25) is 5.91 Å². The lowest BCUT2D eigenvalue weighted by atomic mass is 10.1. The van der Waals surface area contributed by atoms with Crippen molar-refractivity contribution in [1.29, 1.82) is 0 Å². The number of carbonyl (C=O) groups is 2. The Morgan fingerprint density at radius 2 is 2.36 bits per heavy atom. The van der Waals surface area contributed by atoms with E-state index in [9.17, 15) is 9.59 Å². The van der Waals surface area contributed by atoms with Crippen LogP contribution in [0.2, 0.25) is 0 Å². The summed E-state index contributed by atoms with van der Waals surface area (Å²) in [5.74, 6) is -0.403. The summed E-state index contributed by atoms with van der Waals surface area (Å²) in [6.45, 7) is 1.40. The lowest BCUT2D eigenvalue weighted by Crippen LogP contribution is -2.33. The molecular weight excluding hydrogens is 148 g/mol. The fraction of sp³-hybridized carbons (Fsp3) is 0.667. The number of ketones is 1. The lowest BCUT2D eigenvalue weighted by molar-refractivity contribution is -0.124. The summed E-state index contributed by atoms with van der Waals surface area (Å²) in [4.78, 5) is 21.4. The van der Waals surface area contributed by atoms with Crippen LogP contribution in [0.3, 0.4) is 0 Å². The Kier molecular flexibility index (Phi) is 2.21. The smallest absolute Gasteiger partial charge is 0.240 e. The summed E-state index contributed by atoms with van der Waals surface area (Å²) >= 11 is 0. The Hall–Kier alpha value is -0.940. The first-order valence-corrected chi connectivity index (χ1v) is 3.33. The molecule has 0 aromatic heterocycles. The van der Waals surface area contributed by atoms with Gasteiger partial charge in [-0.05, 0) is 6.92 Å². The number of carbonyl (C=O) groups excluding carboxylic acids is 2. The van der Waals surface area contributed by atoms with Crippen molar-refractivity contribution in [1.82, 2.24) is 10.6 Å². The first-order valence-electron chi connectivity index (χ1n) is 3.33. The molecule has 0 saturated carbocycles. The van der Waals surface area contributed by atoms with E-state index in [1.807, 2.05) is 0 Å². The van der Waals surface area contributed by atoms with Gasteiger partial charge in [-0.15, -0.1) is 0 Å². The molecule has 1 aliphatic rings. The maximum Gasteiger partial charge on any atom is 0.240 e. The van der Waals surface area contributed by atoms with Crippen LogP contribution in [0.1, 0.15) is 13.3 Å². The van der Waals surface area contributed by atoms with Gasteiger partial charge in [-0.3, -0.25) is 14.9 Å². The van der Waals surface area contributed by atoms with Gasteiger partial charge in [0.1, 0.15) is 5.78 Å². The zero-order valence-electron chi connectivity index (χ0n) is 6.13. The first-order chi connectivity index (χ1) is 5.09. The van der Waals surface area contributed by atoms with Crippen molar-refractivity contribution in [3.8, 4) is 0 Å². The second kappa shape index (κ2) is 2.98. The van der Waals surface area contributed by atoms with Gasteiger partial charge in [0.05, 0.1) is 6.04 Å². The minimum atomic E-state index is -1.01. The molecule has 1 unspecified atom stereocenters. The van der Waals surface area contributed by atoms with E-state index in [1.54, 1.807) is 0 Å². The Morgan fingerprint density at radius 1 is 1.73 bits per heavy atom. The van der Waals surface area contributed by atoms with E-state index < -0.39 is 12.4 Å². The van der Waals surface area contributed by atoms with Gasteiger partial charge in [-0.2, -0.15) is 0 Å². The molecule has 1 rings (SSSR count). The van der Waals surface area contributed by atoms with E-state index in [-0.39, 0.29) is 18.1 Å². The molecule has 5 heteroatoms. The van der Waals surface area contributed by atoms with Crippen LogP contribution in [0.5, 0.6) is 0 Å². The Bertz CT molecular complexity index is 192. The van der Waals surface area contributed by atoms with E-state index >= 15 is 0 Å². The summed E-state index contributed by atoms with van der Waals surface area (Å²) in [5.41, 5.74) is 0. The van der Waals surface area contributed by atoms with Gasteiger partial charge in [-0.25, -0.2) is 0 Å². The number of aliphatic hydroxyl groups is 1. The highest BCUT2D eigenvalue weighted by molar-refractivity contribution is 5.89. The standard InChI is InChI=1S/C6H10N2O3/c1-3(9)2-4-5(10)8-6(11)7-4/h4,6-7,11H,2H2,1H3,(H,8,10)/t4?,6-/m0/s1. The van der Waals surface area contributed by atoms with Crippen molar-refractivity contribution in [2.75, 3.05) is 0 Å². The van der Waals surface area contributed by atoms with Gasteiger partial charge in [0.25, 0.3) is 0 Å². The first kappa shape index (κ1) is 8.16. The van der Waals surface area contributed by atoms with Gasteiger partial charge >= 0.3 is 0 Å². The SMILES string of the molecule is CC(=O)CC1N[C@H](O)NC1=O. The molecule has 3 N–H and O–H groups in total. The number of Topliss-reactive ketones (excluding diaryl/α,β-unsaturated/α-hetero) is 1. The molecule has 62 valence electrons. The van der Waals surface area contributed by atoms with Gasteiger partial charge in [-0.1, -0.05) is 0 Å². The van der Waals surface area contributed by atoms with Crippen LogP contribution in [0.4, 0.5) is 0 Å². The molecule has 1 amide bonds. The Morgan fingerprint density at radius 3 is 2.73 bits per heavy atom. The summed E-state index contributed by atoms with van der Waals surface area (Å²) in [5, 5.41) is 13.6. The zero-order valence-corrected chi connectivity index (χ0v) is 6.13. The average molecular weight is 158 g/mol. The van der Waals surface area contributed by atoms with Crippen molar-refractivity contribution in [2.24, 2.45) is 0 Å². The molecule has 0 radical (unpaired) electrons. The Balaban J connectivity index is 2.47. The van der Waals surface area contributed by atoms with Gasteiger partial charge < -0.3 is 10.4 Å². The third kappa shape index (κ3) is 1.99. The van der Waals surface area contributed by atoms with Crippen molar-refractivity contribution < 1.29 is 14.7 Å². The monoisotopic (exact) mass is 158 g/mol. The number of rotatable bonds is 2. The molecule has 1 aliphatic heterocycles. The second-order valence-electron chi connectivity index (χ2n) is 2.54.